The average Bonchev–Trinajstić information content (AvgIpc) is 3.53. The molecule has 0 bridgehead atoms. The van der Waals surface area contributed by atoms with E-state index in [-0.39, 0.29) is 29.6 Å². The average molecular weight is 541 g/mol. The van der Waals surface area contributed by atoms with E-state index in [4.69, 9.17) is 0 Å². The Bertz CT molecular complexity index is 1180. The Morgan fingerprint density at radius 2 is 1.76 bits per heavy atom. The largest absolute Gasteiger partial charge is 0.368 e. The summed E-state index contributed by atoms with van der Waals surface area (Å²) in [5.41, 5.74) is 2.04. The van der Waals surface area contributed by atoms with E-state index in [1.54, 1.807) is 19.1 Å². The van der Waals surface area contributed by atoms with Crippen LogP contribution in [0.5, 0.6) is 0 Å². The minimum Gasteiger partial charge on any atom is -0.368 e. The monoisotopic (exact) mass is 540 g/mol. The van der Waals surface area contributed by atoms with Gasteiger partial charge in [-0.2, -0.15) is 0 Å². The van der Waals surface area contributed by atoms with Gasteiger partial charge in [0.15, 0.2) is 0 Å². The summed E-state index contributed by atoms with van der Waals surface area (Å²) in [6, 6.07) is 5.89. The molecule has 2 heterocycles. The van der Waals surface area contributed by atoms with E-state index in [0.717, 1.165) is 36.2 Å². The Kier molecular flexibility index (Phi) is 8.87. The smallest absolute Gasteiger partial charge is 0.264 e. The number of anilines is 1. The van der Waals surface area contributed by atoms with Gasteiger partial charge in [0.05, 0.1) is 10.4 Å². The zero-order valence-corrected chi connectivity index (χ0v) is 23.3. The van der Waals surface area contributed by atoms with Crippen LogP contribution in [-0.2, 0) is 4.79 Å². The summed E-state index contributed by atoms with van der Waals surface area (Å²) >= 11 is 1.32. The van der Waals surface area contributed by atoms with Gasteiger partial charge in [-0.15, -0.1) is 11.3 Å². The highest BCUT2D eigenvalue weighted by Crippen LogP contribution is 2.31. The van der Waals surface area contributed by atoms with Crippen molar-refractivity contribution in [2.24, 2.45) is 0 Å². The normalized spacial score (nSPS) is 16.8. The SMILES string of the molecule is C=CN(C(=O)c1c(C)sc(C(=O)N2CCN(c3ccc(F)cc3)CC2)c1C)C(CC)C(=O)NC1CCCC1. The molecule has 1 unspecified atom stereocenters. The molecule has 2 aromatic rings. The van der Waals surface area contributed by atoms with Gasteiger partial charge in [0.25, 0.3) is 11.8 Å². The second kappa shape index (κ2) is 12.1. The van der Waals surface area contributed by atoms with Crippen LogP contribution in [0.1, 0.15) is 69.5 Å². The van der Waals surface area contributed by atoms with Gasteiger partial charge in [-0.05, 0) is 62.9 Å². The molecule has 38 heavy (non-hydrogen) atoms. The summed E-state index contributed by atoms with van der Waals surface area (Å²) in [6.45, 7) is 11.7. The van der Waals surface area contributed by atoms with E-state index in [0.29, 0.717) is 48.6 Å². The molecule has 204 valence electrons. The highest BCUT2D eigenvalue weighted by atomic mass is 32.1. The van der Waals surface area contributed by atoms with Gasteiger partial charge in [-0.3, -0.25) is 14.4 Å². The van der Waals surface area contributed by atoms with Gasteiger partial charge in [0.1, 0.15) is 11.9 Å². The maximum atomic E-state index is 13.7. The van der Waals surface area contributed by atoms with E-state index >= 15 is 0 Å². The first-order chi connectivity index (χ1) is 18.2. The summed E-state index contributed by atoms with van der Waals surface area (Å²) in [7, 11) is 0. The Morgan fingerprint density at radius 3 is 2.34 bits per heavy atom. The fourth-order valence-corrected chi connectivity index (χ4v) is 6.61. The lowest BCUT2D eigenvalue weighted by molar-refractivity contribution is -0.125. The number of hydrogen-bond acceptors (Lipinski definition) is 5. The van der Waals surface area contributed by atoms with Gasteiger partial charge in [0, 0.05) is 49.0 Å². The fraction of sp³-hybridized carbons (Fsp3) is 0.483. The third-order valence-corrected chi connectivity index (χ3v) is 8.84. The lowest BCUT2D eigenvalue weighted by atomic mass is 10.1. The topological polar surface area (TPSA) is 73.0 Å². The van der Waals surface area contributed by atoms with Crippen molar-refractivity contribution < 1.29 is 18.8 Å². The number of piperazine rings is 1. The zero-order chi connectivity index (χ0) is 27.4. The van der Waals surface area contributed by atoms with Crippen LogP contribution in [0.15, 0.2) is 37.0 Å². The molecule has 2 aliphatic rings. The third kappa shape index (κ3) is 5.77. The molecule has 1 saturated carbocycles. The van der Waals surface area contributed by atoms with Crippen molar-refractivity contribution in [2.75, 3.05) is 31.1 Å². The lowest BCUT2D eigenvalue weighted by Gasteiger charge is -2.36. The summed E-state index contributed by atoms with van der Waals surface area (Å²) in [4.78, 5) is 46.9. The number of halogens is 1. The molecule has 1 N–H and O–H groups in total. The van der Waals surface area contributed by atoms with Crippen molar-refractivity contribution in [3.8, 4) is 0 Å². The molecule has 1 saturated heterocycles. The molecular weight excluding hydrogens is 503 g/mol. The molecule has 9 heteroatoms. The molecule has 1 atom stereocenters. The standard InChI is InChI=1S/C29H37FN4O3S/c1-5-24(27(35)31-22-9-7-8-10-22)34(6-2)28(36)25-19(3)26(38-20(25)4)29(37)33-17-15-32(16-18-33)23-13-11-21(30)12-14-23/h6,11-14,22,24H,2,5,7-10,15-18H2,1,3-4H3,(H,31,35). The predicted octanol–water partition coefficient (Wildman–Crippen LogP) is 4.89. The van der Waals surface area contributed by atoms with E-state index < -0.39 is 6.04 Å². The number of nitrogens with one attached hydrogen (secondary N) is 1. The first-order valence-electron chi connectivity index (χ1n) is 13.4. The summed E-state index contributed by atoms with van der Waals surface area (Å²) < 4.78 is 13.3. The number of carbonyl (C=O) groups is 3. The maximum Gasteiger partial charge on any atom is 0.264 e. The Balaban J connectivity index is 1.46. The number of benzene rings is 1. The number of carbonyl (C=O) groups excluding carboxylic acids is 3. The minimum atomic E-state index is -0.655. The summed E-state index contributed by atoms with van der Waals surface area (Å²) in [5, 5.41) is 3.10. The number of aryl methyl sites for hydroxylation is 1. The quantitative estimate of drug-likeness (QED) is 0.518. The molecule has 2 fully saturated rings. The number of hydrogen-bond donors (Lipinski definition) is 1. The zero-order valence-electron chi connectivity index (χ0n) is 22.5. The fourth-order valence-electron chi connectivity index (χ4n) is 5.49. The van der Waals surface area contributed by atoms with Gasteiger partial charge in [-0.25, -0.2) is 4.39 Å². The van der Waals surface area contributed by atoms with E-state index in [1.165, 1.54) is 34.6 Å². The molecule has 3 amide bonds. The number of amides is 3. The van der Waals surface area contributed by atoms with E-state index in [9.17, 15) is 18.8 Å². The highest BCUT2D eigenvalue weighted by Gasteiger charge is 2.34. The summed E-state index contributed by atoms with van der Waals surface area (Å²) in [5.74, 6) is -0.830. The van der Waals surface area contributed by atoms with Crippen LogP contribution in [0.4, 0.5) is 10.1 Å². The van der Waals surface area contributed by atoms with Crippen LogP contribution in [0.3, 0.4) is 0 Å². The van der Waals surface area contributed by atoms with E-state index in [2.05, 4.69) is 16.8 Å². The molecule has 0 radical (unpaired) electrons. The van der Waals surface area contributed by atoms with Crippen LogP contribution >= 0.6 is 11.3 Å². The molecule has 7 nitrogen and oxygen atoms in total. The first kappa shape index (κ1) is 27.8. The van der Waals surface area contributed by atoms with Gasteiger partial charge >= 0.3 is 0 Å². The van der Waals surface area contributed by atoms with Gasteiger partial charge in [-0.1, -0.05) is 26.3 Å². The highest BCUT2D eigenvalue weighted by molar-refractivity contribution is 7.14. The van der Waals surface area contributed by atoms with Crippen molar-refractivity contribution in [1.82, 2.24) is 15.1 Å². The predicted molar refractivity (Wildman–Crippen MR) is 149 cm³/mol. The summed E-state index contributed by atoms with van der Waals surface area (Å²) in [6.07, 6.45) is 6.04. The van der Waals surface area contributed by atoms with E-state index in [1.807, 2.05) is 18.7 Å². The number of nitrogens with zero attached hydrogens (tertiary/aromatic N) is 3. The second-order valence-electron chi connectivity index (χ2n) is 10.1. The molecule has 0 spiro atoms. The third-order valence-electron chi connectivity index (χ3n) is 7.65. The van der Waals surface area contributed by atoms with Crippen LogP contribution in [0.2, 0.25) is 0 Å². The van der Waals surface area contributed by atoms with Crippen molar-refractivity contribution in [3.63, 3.8) is 0 Å². The van der Waals surface area contributed by atoms with Crippen molar-refractivity contribution in [1.29, 1.82) is 0 Å². The van der Waals surface area contributed by atoms with Gasteiger partial charge in [0.2, 0.25) is 5.91 Å². The molecular formula is C29H37FN4O3S. The number of rotatable bonds is 8. The minimum absolute atomic E-state index is 0.0930. The molecule has 1 aromatic carbocycles. The maximum absolute atomic E-state index is 13.7. The lowest BCUT2D eigenvalue weighted by Crippen LogP contribution is -2.49. The molecule has 4 rings (SSSR count). The van der Waals surface area contributed by atoms with Crippen molar-refractivity contribution >= 4 is 34.7 Å². The van der Waals surface area contributed by atoms with Crippen LogP contribution < -0.4 is 10.2 Å². The first-order valence-corrected chi connectivity index (χ1v) is 14.2. The van der Waals surface area contributed by atoms with Crippen molar-refractivity contribution in [2.45, 2.75) is 65.0 Å². The molecule has 1 aromatic heterocycles. The Labute approximate surface area is 228 Å². The molecule has 1 aliphatic carbocycles. The van der Waals surface area contributed by atoms with Crippen LogP contribution in [0.25, 0.3) is 0 Å². The molecule has 1 aliphatic heterocycles. The Hall–Kier alpha value is -3.20. The van der Waals surface area contributed by atoms with Crippen molar-refractivity contribution in [3.05, 3.63) is 63.7 Å². The van der Waals surface area contributed by atoms with Crippen LogP contribution in [-0.4, -0.2) is 65.8 Å². The second-order valence-corrected chi connectivity index (χ2v) is 11.3. The Morgan fingerprint density at radius 1 is 1.13 bits per heavy atom. The van der Waals surface area contributed by atoms with Gasteiger partial charge < -0.3 is 20.0 Å². The number of thiophene rings is 1. The van der Waals surface area contributed by atoms with Crippen LogP contribution in [0, 0.1) is 19.7 Å².